The number of morpholine rings is 1. The van der Waals surface area contributed by atoms with Gasteiger partial charge in [-0.1, -0.05) is 0 Å². The van der Waals surface area contributed by atoms with E-state index in [0.717, 1.165) is 5.69 Å². The van der Waals surface area contributed by atoms with Crippen molar-refractivity contribution in [2.75, 3.05) is 26.3 Å². The molecule has 0 radical (unpaired) electrons. The monoisotopic (exact) mass is 221 g/mol. The molecule has 1 aliphatic heterocycles. The molecule has 2 rings (SSSR count). The number of carbonyl (C=O) groups is 1. The van der Waals surface area contributed by atoms with Crippen LogP contribution in [0.25, 0.3) is 6.08 Å². The first kappa shape index (κ1) is 10.9. The van der Waals surface area contributed by atoms with E-state index in [1.54, 1.807) is 27.9 Å². The molecule has 0 saturated carbocycles. The molecule has 5 nitrogen and oxygen atoms in total. The molecular weight excluding hydrogens is 206 g/mol. The number of amides is 1. The van der Waals surface area contributed by atoms with Gasteiger partial charge in [-0.25, -0.2) is 0 Å². The molecule has 0 unspecified atom stereocenters. The van der Waals surface area contributed by atoms with E-state index in [0.29, 0.717) is 26.3 Å². The first-order valence-electron chi connectivity index (χ1n) is 5.30. The summed E-state index contributed by atoms with van der Waals surface area (Å²) in [5.74, 6) is 0.0319. The van der Waals surface area contributed by atoms with E-state index in [2.05, 4.69) is 5.10 Å². The summed E-state index contributed by atoms with van der Waals surface area (Å²) in [6.45, 7) is 2.61. The highest BCUT2D eigenvalue weighted by Gasteiger charge is 2.13. The predicted octanol–water partition coefficient (Wildman–Crippen LogP) is 0.292. The van der Waals surface area contributed by atoms with Crippen molar-refractivity contribution in [2.45, 2.75) is 0 Å². The second-order valence-corrected chi connectivity index (χ2v) is 3.65. The summed E-state index contributed by atoms with van der Waals surface area (Å²) in [6, 6.07) is 1.86. The zero-order chi connectivity index (χ0) is 11.4. The van der Waals surface area contributed by atoms with Gasteiger partial charge in [-0.3, -0.25) is 9.48 Å². The van der Waals surface area contributed by atoms with Crippen molar-refractivity contribution in [3.05, 3.63) is 24.0 Å². The molecule has 2 heterocycles. The number of aryl methyl sites for hydroxylation is 1. The first-order chi connectivity index (χ1) is 7.77. The molecule has 1 saturated heterocycles. The second-order valence-electron chi connectivity index (χ2n) is 3.65. The molecule has 1 fully saturated rings. The van der Waals surface area contributed by atoms with Crippen molar-refractivity contribution >= 4 is 12.0 Å². The number of nitrogens with zero attached hydrogens (tertiary/aromatic N) is 3. The van der Waals surface area contributed by atoms with Crippen LogP contribution >= 0.6 is 0 Å². The van der Waals surface area contributed by atoms with Gasteiger partial charge in [-0.05, 0) is 12.1 Å². The molecule has 1 aromatic heterocycles. The van der Waals surface area contributed by atoms with Gasteiger partial charge in [0.05, 0.1) is 18.9 Å². The maximum Gasteiger partial charge on any atom is 0.246 e. The van der Waals surface area contributed by atoms with Crippen molar-refractivity contribution in [1.29, 1.82) is 0 Å². The van der Waals surface area contributed by atoms with Gasteiger partial charge in [0, 0.05) is 32.4 Å². The summed E-state index contributed by atoms with van der Waals surface area (Å²) in [7, 11) is 1.85. The number of rotatable bonds is 2. The smallest absolute Gasteiger partial charge is 0.246 e. The lowest BCUT2D eigenvalue weighted by Crippen LogP contribution is -2.39. The Morgan fingerprint density at radius 3 is 2.88 bits per heavy atom. The van der Waals surface area contributed by atoms with Crippen molar-refractivity contribution in [3.63, 3.8) is 0 Å². The van der Waals surface area contributed by atoms with E-state index in [9.17, 15) is 4.79 Å². The van der Waals surface area contributed by atoms with Crippen LogP contribution in [-0.2, 0) is 16.6 Å². The first-order valence-corrected chi connectivity index (χ1v) is 5.30. The number of hydrogen-bond donors (Lipinski definition) is 0. The highest BCUT2D eigenvalue weighted by Crippen LogP contribution is 2.02. The Hall–Kier alpha value is -1.62. The van der Waals surface area contributed by atoms with Crippen molar-refractivity contribution < 1.29 is 9.53 Å². The quantitative estimate of drug-likeness (QED) is 0.674. The van der Waals surface area contributed by atoms with Gasteiger partial charge >= 0.3 is 0 Å². The van der Waals surface area contributed by atoms with E-state index >= 15 is 0 Å². The van der Waals surface area contributed by atoms with Gasteiger partial charge in [-0.15, -0.1) is 0 Å². The lowest BCUT2D eigenvalue weighted by Gasteiger charge is -2.25. The minimum atomic E-state index is 0.0319. The van der Waals surface area contributed by atoms with Crippen LogP contribution in [0.5, 0.6) is 0 Å². The molecule has 0 aliphatic carbocycles. The van der Waals surface area contributed by atoms with E-state index in [4.69, 9.17) is 4.74 Å². The lowest BCUT2D eigenvalue weighted by molar-refractivity contribution is -0.129. The van der Waals surface area contributed by atoms with Crippen molar-refractivity contribution in [1.82, 2.24) is 14.7 Å². The number of hydrogen-bond acceptors (Lipinski definition) is 3. The van der Waals surface area contributed by atoms with Crippen LogP contribution in [0.15, 0.2) is 18.3 Å². The highest BCUT2D eigenvalue weighted by atomic mass is 16.5. The molecule has 1 amide bonds. The van der Waals surface area contributed by atoms with Crippen LogP contribution in [0.2, 0.25) is 0 Å². The van der Waals surface area contributed by atoms with Crippen LogP contribution < -0.4 is 0 Å². The van der Waals surface area contributed by atoms with Gasteiger partial charge in [0.2, 0.25) is 5.91 Å². The van der Waals surface area contributed by atoms with Gasteiger partial charge in [-0.2, -0.15) is 5.10 Å². The molecule has 16 heavy (non-hydrogen) atoms. The van der Waals surface area contributed by atoms with Gasteiger partial charge < -0.3 is 9.64 Å². The van der Waals surface area contributed by atoms with E-state index in [1.807, 2.05) is 13.1 Å². The Morgan fingerprint density at radius 1 is 1.50 bits per heavy atom. The van der Waals surface area contributed by atoms with Crippen LogP contribution in [-0.4, -0.2) is 46.9 Å². The largest absolute Gasteiger partial charge is 0.378 e. The minimum Gasteiger partial charge on any atom is -0.378 e. The van der Waals surface area contributed by atoms with Crippen molar-refractivity contribution in [2.24, 2.45) is 7.05 Å². The average Bonchev–Trinajstić information content (AvgIpc) is 2.73. The Labute approximate surface area is 94.3 Å². The summed E-state index contributed by atoms with van der Waals surface area (Å²) in [5.41, 5.74) is 0.918. The Kier molecular flexibility index (Phi) is 3.36. The Bertz CT molecular complexity index is 392. The fraction of sp³-hybridized carbons (Fsp3) is 0.455. The molecule has 1 aromatic rings. The van der Waals surface area contributed by atoms with Crippen LogP contribution in [0, 0.1) is 0 Å². The lowest BCUT2D eigenvalue weighted by atomic mass is 10.3. The normalized spacial score (nSPS) is 16.9. The predicted molar refractivity (Wildman–Crippen MR) is 59.6 cm³/mol. The van der Waals surface area contributed by atoms with Crippen molar-refractivity contribution in [3.8, 4) is 0 Å². The molecule has 5 heteroatoms. The van der Waals surface area contributed by atoms with Crippen LogP contribution in [0.1, 0.15) is 5.69 Å². The highest BCUT2D eigenvalue weighted by molar-refractivity contribution is 5.91. The van der Waals surface area contributed by atoms with Crippen LogP contribution in [0.3, 0.4) is 0 Å². The third kappa shape index (κ3) is 2.49. The Morgan fingerprint density at radius 2 is 2.25 bits per heavy atom. The fourth-order valence-corrected chi connectivity index (χ4v) is 1.59. The maximum atomic E-state index is 11.8. The summed E-state index contributed by atoms with van der Waals surface area (Å²) >= 11 is 0. The van der Waals surface area contributed by atoms with Gasteiger partial charge in [0.1, 0.15) is 0 Å². The van der Waals surface area contributed by atoms with E-state index in [1.165, 1.54) is 0 Å². The third-order valence-corrected chi connectivity index (χ3v) is 2.58. The topological polar surface area (TPSA) is 47.4 Å². The van der Waals surface area contributed by atoms with Gasteiger partial charge in [0.25, 0.3) is 0 Å². The molecule has 0 N–H and O–H groups in total. The zero-order valence-electron chi connectivity index (χ0n) is 9.30. The summed E-state index contributed by atoms with van der Waals surface area (Å²) in [5, 5.41) is 4.03. The summed E-state index contributed by atoms with van der Waals surface area (Å²) in [6.07, 6.45) is 5.08. The second kappa shape index (κ2) is 4.94. The van der Waals surface area contributed by atoms with E-state index < -0.39 is 0 Å². The molecule has 1 aliphatic rings. The number of ether oxygens (including phenoxy) is 1. The average molecular weight is 221 g/mol. The Balaban J connectivity index is 1.96. The number of carbonyl (C=O) groups excluding carboxylic acids is 1. The SMILES string of the molecule is Cn1nccc1/C=C/C(=O)N1CCOCC1. The number of aromatic nitrogens is 2. The molecule has 0 aromatic carbocycles. The molecule has 0 atom stereocenters. The molecule has 86 valence electrons. The zero-order valence-corrected chi connectivity index (χ0v) is 9.30. The fourth-order valence-electron chi connectivity index (χ4n) is 1.59. The maximum absolute atomic E-state index is 11.8. The third-order valence-electron chi connectivity index (χ3n) is 2.58. The van der Waals surface area contributed by atoms with E-state index in [-0.39, 0.29) is 5.91 Å². The molecular formula is C11H15N3O2. The standard InChI is InChI=1S/C11H15N3O2/c1-13-10(4-5-12-13)2-3-11(15)14-6-8-16-9-7-14/h2-5H,6-9H2,1H3/b3-2+. The van der Waals surface area contributed by atoms with Crippen LogP contribution in [0.4, 0.5) is 0 Å². The minimum absolute atomic E-state index is 0.0319. The summed E-state index contributed by atoms with van der Waals surface area (Å²) in [4.78, 5) is 13.5. The summed E-state index contributed by atoms with van der Waals surface area (Å²) < 4.78 is 6.91. The van der Waals surface area contributed by atoms with Gasteiger partial charge in [0.15, 0.2) is 0 Å². The molecule has 0 spiro atoms. The molecule has 0 bridgehead atoms.